The molecular weight excluding hydrogens is 493 g/mol. The highest BCUT2D eigenvalue weighted by Crippen LogP contribution is 2.40. The quantitative estimate of drug-likeness (QED) is 0.401. The monoisotopic (exact) mass is 503 g/mol. The van der Waals surface area contributed by atoms with E-state index >= 15 is 0 Å². The number of benzene rings is 2. The largest absolute Gasteiger partial charge is 0.485 e. The van der Waals surface area contributed by atoms with Gasteiger partial charge in [-0.15, -0.1) is 5.73 Å². The second kappa shape index (κ2) is 8.67. The van der Waals surface area contributed by atoms with Crippen LogP contribution in [0, 0.1) is 11.6 Å². The lowest BCUT2D eigenvalue weighted by Crippen LogP contribution is -2.16. The molecule has 0 fully saturated rings. The van der Waals surface area contributed by atoms with E-state index in [1.54, 1.807) is 6.08 Å². The van der Waals surface area contributed by atoms with E-state index in [9.17, 15) is 26.7 Å². The fourth-order valence-corrected chi connectivity index (χ4v) is 4.19. The van der Waals surface area contributed by atoms with Gasteiger partial charge in [0.2, 0.25) is 0 Å². The Morgan fingerprint density at radius 1 is 1.13 bits per heavy atom. The number of alkyl halides is 3. The summed E-state index contributed by atoms with van der Waals surface area (Å²) in [6.45, 7) is -0.142. The van der Waals surface area contributed by atoms with Gasteiger partial charge in [-0.05, 0) is 51.8 Å². The lowest BCUT2D eigenvalue weighted by molar-refractivity contribution is -0.137. The minimum absolute atomic E-state index is 0.142. The number of hydrogen-bond acceptors (Lipinski definition) is 3. The Kier molecular flexibility index (Phi) is 6.40. The zero-order valence-corrected chi connectivity index (χ0v) is 17.2. The number of halogens is 6. The topological polar surface area (TPSA) is 52.3 Å². The number of hydrogen-bond donors (Lipinski definition) is 1. The van der Waals surface area contributed by atoms with Crippen molar-refractivity contribution in [2.45, 2.75) is 6.18 Å². The molecule has 1 aliphatic rings. The van der Waals surface area contributed by atoms with Crippen molar-refractivity contribution >= 4 is 39.2 Å². The van der Waals surface area contributed by atoms with E-state index in [4.69, 9.17) is 10.5 Å². The highest BCUT2D eigenvalue weighted by atomic mass is 79.9. The molecule has 2 aromatic rings. The Labute approximate surface area is 180 Å². The van der Waals surface area contributed by atoms with Crippen LogP contribution in [0.2, 0.25) is 0 Å². The third-order valence-corrected chi connectivity index (χ3v) is 5.78. The van der Waals surface area contributed by atoms with Gasteiger partial charge >= 0.3 is 6.18 Å². The van der Waals surface area contributed by atoms with E-state index in [0.29, 0.717) is 19.9 Å². The van der Waals surface area contributed by atoms with E-state index in [2.05, 4.69) is 21.7 Å². The maximum absolute atomic E-state index is 14.2. The molecule has 2 aromatic carbocycles. The van der Waals surface area contributed by atoms with Gasteiger partial charge in [-0.3, -0.25) is 4.79 Å². The molecule has 3 rings (SSSR count). The minimum Gasteiger partial charge on any atom is -0.485 e. The molecular formula is C20H11BrF5NO2S. The summed E-state index contributed by atoms with van der Waals surface area (Å²) in [6.07, 6.45) is -2.87. The van der Waals surface area contributed by atoms with Crippen molar-refractivity contribution in [1.82, 2.24) is 0 Å². The SMILES string of the molecule is NC(=O)c1c(F)ccc(OCC2=C=CC(c3ccc(C(F)(F)F)cc3)=C(Br)S2)c1F. The average molecular weight is 504 g/mol. The van der Waals surface area contributed by atoms with Gasteiger partial charge in [0.15, 0.2) is 11.6 Å². The molecule has 0 radical (unpaired) electrons. The Bertz CT molecular complexity index is 1100. The minimum atomic E-state index is -4.42. The van der Waals surface area contributed by atoms with E-state index in [1.807, 2.05) is 0 Å². The van der Waals surface area contributed by atoms with Gasteiger partial charge in [-0.1, -0.05) is 23.9 Å². The number of carbonyl (C=O) groups is 1. The van der Waals surface area contributed by atoms with Crippen LogP contribution >= 0.6 is 27.7 Å². The van der Waals surface area contributed by atoms with Gasteiger partial charge in [-0.25, -0.2) is 8.78 Å². The summed E-state index contributed by atoms with van der Waals surface area (Å²) in [7, 11) is 0. The first kappa shape index (κ1) is 22.1. The van der Waals surface area contributed by atoms with Gasteiger partial charge in [-0.2, -0.15) is 13.2 Å². The molecule has 0 atom stereocenters. The highest BCUT2D eigenvalue weighted by Gasteiger charge is 2.30. The van der Waals surface area contributed by atoms with Crippen molar-refractivity contribution in [2.24, 2.45) is 5.73 Å². The lowest BCUT2D eigenvalue weighted by Gasteiger charge is -2.15. The highest BCUT2D eigenvalue weighted by molar-refractivity contribution is 9.14. The second-order valence-electron chi connectivity index (χ2n) is 5.96. The molecule has 0 aliphatic carbocycles. The molecule has 0 aromatic heterocycles. The van der Waals surface area contributed by atoms with E-state index in [0.717, 1.165) is 24.3 Å². The number of nitrogens with two attached hydrogens (primary N) is 1. The molecule has 2 N–H and O–H groups in total. The van der Waals surface area contributed by atoms with E-state index < -0.39 is 34.8 Å². The molecule has 1 amide bonds. The predicted octanol–water partition coefficient (Wildman–Crippen LogP) is 6.01. The molecule has 0 unspecified atom stereocenters. The van der Waals surface area contributed by atoms with Crippen molar-refractivity contribution in [2.75, 3.05) is 6.61 Å². The zero-order chi connectivity index (χ0) is 22.1. The third kappa shape index (κ3) is 4.77. The summed E-state index contributed by atoms with van der Waals surface area (Å²) >= 11 is 4.53. The Morgan fingerprint density at radius 3 is 2.37 bits per heavy atom. The molecule has 0 bridgehead atoms. The number of ether oxygens (including phenoxy) is 1. The first-order chi connectivity index (χ1) is 14.1. The summed E-state index contributed by atoms with van der Waals surface area (Å²) in [4.78, 5) is 11.7. The number of thioether (sulfide) groups is 1. The van der Waals surface area contributed by atoms with Gasteiger partial charge in [0.05, 0.1) is 14.3 Å². The number of carbonyl (C=O) groups excluding carboxylic acids is 1. The maximum atomic E-state index is 14.2. The van der Waals surface area contributed by atoms with E-state index in [-0.39, 0.29) is 12.4 Å². The summed E-state index contributed by atoms with van der Waals surface area (Å²) in [5, 5.41) is 0. The average Bonchev–Trinajstić information content (AvgIpc) is 2.67. The molecule has 156 valence electrons. The summed E-state index contributed by atoms with van der Waals surface area (Å²) in [5.41, 5.74) is 7.40. The smallest absolute Gasteiger partial charge is 0.416 e. The predicted molar refractivity (Wildman–Crippen MR) is 107 cm³/mol. The molecule has 30 heavy (non-hydrogen) atoms. The second-order valence-corrected chi connectivity index (χ2v) is 8.39. The van der Waals surface area contributed by atoms with Crippen molar-refractivity contribution < 1.29 is 31.5 Å². The fraction of sp³-hybridized carbons (Fsp3) is 0.100. The fourth-order valence-electron chi connectivity index (χ4n) is 2.52. The Morgan fingerprint density at radius 2 is 1.80 bits per heavy atom. The van der Waals surface area contributed by atoms with Crippen LogP contribution in [0.5, 0.6) is 5.75 Å². The van der Waals surface area contributed by atoms with Crippen molar-refractivity contribution in [3.8, 4) is 5.75 Å². The standard InChI is InChI=1S/C20H11BrF5NO2S/c21-18-13(10-1-3-11(4-2-10)20(24,25)26)6-5-12(30-18)9-29-15-8-7-14(22)16(17(15)23)19(27)28/h1-4,6-8H,9H2,(H2,27,28). The first-order valence-electron chi connectivity index (χ1n) is 8.19. The Balaban J connectivity index is 1.76. The van der Waals surface area contributed by atoms with Gasteiger partial charge in [0.25, 0.3) is 5.91 Å². The number of allylic oxidation sites excluding steroid dienone is 1. The number of rotatable bonds is 5. The van der Waals surface area contributed by atoms with Crippen LogP contribution < -0.4 is 10.5 Å². The van der Waals surface area contributed by atoms with Crippen LogP contribution in [0.1, 0.15) is 21.5 Å². The summed E-state index contributed by atoms with van der Waals surface area (Å²) < 4.78 is 71.7. The van der Waals surface area contributed by atoms with Crippen LogP contribution in [0.15, 0.2) is 56.9 Å². The van der Waals surface area contributed by atoms with Gasteiger partial charge < -0.3 is 10.5 Å². The van der Waals surface area contributed by atoms with Crippen LogP contribution in [0.4, 0.5) is 22.0 Å². The van der Waals surface area contributed by atoms with Crippen molar-refractivity contribution in [1.29, 1.82) is 0 Å². The molecule has 1 aliphatic heterocycles. The first-order valence-corrected chi connectivity index (χ1v) is 9.80. The van der Waals surface area contributed by atoms with Gasteiger partial charge in [0.1, 0.15) is 18.0 Å². The van der Waals surface area contributed by atoms with Crippen molar-refractivity contribution in [3.63, 3.8) is 0 Å². The summed E-state index contributed by atoms with van der Waals surface area (Å²) in [6, 6.07) is 6.56. The maximum Gasteiger partial charge on any atom is 0.416 e. The van der Waals surface area contributed by atoms with Crippen molar-refractivity contribution in [3.05, 3.63) is 85.2 Å². The van der Waals surface area contributed by atoms with Crippen LogP contribution in [0.25, 0.3) is 5.57 Å². The van der Waals surface area contributed by atoms with E-state index in [1.165, 1.54) is 23.9 Å². The van der Waals surface area contributed by atoms with Gasteiger partial charge in [0, 0.05) is 5.57 Å². The molecule has 0 spiro atoms. The number of amides is 1. The van der Waals surface area contributed by atoms with Crippen LogP contribution in [-0.2, 0) is 6.18 Å². The summed E-state index contributed by atoms with van der Waals surface area (Å²) in [5.74, 6) is -3.90. The molecule has 1 heterocycles. The molecule has 10 heteroatoms. The number of primary amides is 1. The molecule has 0 saturated heterocycles. The normalized spacial score (nSPS) is 14.0. The molecule has 3 nitrogen and oxygen atoms in total. The van der Waals surface area contributed by atoms with Crippen LogP contribution in [-0.4, -0.2) is 12.5 Å². The van der Waals surface area contributed by atoms with Crippen LogP contribution in [0.3, 0.4) is 0 Å². The third-order valence-electron chi connectivity index (χ3n) is 3.99. The molecule has 0 saturated carbocycles. The lowest BCUT2D eigenvalue weighted by atomic mass is 10.0. The zero-order valence-electron chi connectivity index (χ0n) is 14.8. The Hall–Kier alpha value is -2.55.